The highest BCUT2D eigenvalue weighted by Crippen LogP contribution is 2.11. The van der Waals surface area contributed by atoms with Crippen LogP contribution in [-0.4, -0.2) is 26.3 Å². The zero-order valence-corrected chi connectivity index (χ0v) is 10.5. The number of rotatable bonds is 4. The topological polar surface area (TPSA) is 55.6 Å². The lowest BCUT2D eigenvalue weighted by molar-refractivity contribution is 0.836. The Morgan fingerprint density at radius 1 is 1.50 bits per heavy atom. The number of anilines is 1. The number of halogens is 1. The van der Waals surface area contributed by atoms with Gasteiger partial charge in [0.2, 0.25) is 5.95 Å². The molecule has 0 aliphatic rings. The molecule has 0 radical (unpaired) electrons. The van der Waals surface area contributed by atoms with E-state index >= 15 is 0 Å². The predicted molar refractivity (Wildman–Crippen MR) is 65.6 cm³/mol. The highest BCUT2D eigenvalue weighted by molar-refractivity contribution is 9.10. The molecule has 0 saturated heterocycles. The van der Waals surface area contributed by atoms with Gasteiger partial charge in [0, 0.05) is 25.0 Å². The maximum atomic E-state index is 4.35. The molecule has 0 fully saturated rings. The number of nitrogens with one attached hydrogen (secondary N) is 1. The smallest absolute Gasteiger partial charge is 0.224 e. The maximum absolute atomic E-state index is 4.35. The third kappa shape index (κ3) is 2.57. The molecule has 0 aliphatic carbocycles. The van der Waals surface area contributed by atoms with Crippen LogP contribution in [-0.2, 0) is 0 Å². The van der Waals surface area contributed by atoms with Crippen molar-refractivity contribution < 1.29 is 0 Å². The largest absolute Gasteiger partial charge is 0.354 e. The molecule has 2 aromatic rings. The monoisotopic (exact) mass is 281 g/mol. The molecule has 0 amide bonds. The summed E-state index contributed by atoms with van der Waals surface area (Å²) in [5, 5.41) is 7.30. The van der Waals surface area contributed by atoms with Crippen molar-refractivity contribution in [2.24, 2.45) is 0 Å². The molecule has 84 valence electrons. The Morgan fingerprint density at radius 3 is 3.06 bits per heavy atom. The Kier molecular flexibility index (Phi) is 3.51. The van der Waals surface area contributed by atoms with E-state index in [0.717, 1.165) is 23.3 Å². The molecule has 0 spiro atoms. The molecule has 2 aromatic heterocycles. The molecule has 6 heteroatoms. The van der Waals surface area contributed by atoms with Gasteiger partial charge >= 0.3 is 0 Å². The summed E-state index contributed by atoms with van der Waals surface area (Å²) in [5.74, 6) is 1.38. The minimum Gasteiger partial charge on any atom is -0.354 e. The summed E-state index contributed by atoms with van der Waals surface area (Å²) in [6.07, 6.45) is 6.34. The molecule has 0 unspecified atom stereocenters. The maximum Gasteiger partial charge on any atom is 0.224 e. The van der Waals surface area contributed by atoms with E-state index in [9.17, 15) is 0 Å². The van der Waals surface area contributed by atoms with Crippen LogP contribution in [0.4, 0.5) is 5.95 Å². The Balaban J connectivity index is 2.22. The summed E-state index contributed by atoms with van der Waals surface area (Å²) < 4.78 is 2.62. The molecule has 1 N–H and O–H groups in total. The van der Waals surface area contributed by atoms with Gasteiger partial charge in [-0.05, 0) is 22.4 Å². The van der Waals surface area contributed by atoms with Gasteiger partial charge in [0.25, 0.3) is 0 Å². The van der Waals surface area contributed by atoms with E-state index in [-0.39, 0.29) is 0 Å². The molecule has 0 bridgehead atoms. The molecule has 2 rings (SSSR count). The van der Waals surface area contributed by atoms with E-state index < -0.39 is 0 Å². The first kappa shape index (κ1) is 11.1. The van der Waals surface area contributed by atoms with Crippen molar-refractivity contribution in [2.45, 2.75) is 13.3 Å². The van der Waals surface area contributed by atoms with Gasteiger partial charge in [-0.1, -0.05) is 6.92 Å². The second kappa shape index (κ2) is 5.07. The Morgan fingerprint density at radius 2 is 2.38 bits per heavy atom. The first-order chi connectivity index (χ1) is 7.79. The lowest BCUT2D eigenvalue weighted by atomic mass is 10.5. The SMILES string of the molecule is CCCNc1nccc(-n2cc(Br)cn2)n1. The summed E-state index contributed by atoms with van der Waals surface area (Å²) in [5.41, 5.74) is 0. The van der Waals surface area contributed by atoms with E-state index in [2.05, 4.69) is 43.2 Å². The van der Waals surface area contributed by atoms with E-state index in [1.807, 2.05) is 12.3 Å². The fourth-order valence-corrected chi connectivity index (χ4v) is 1.51. The van der Waals surface area contributed by atoms with Gasteiger partial charge in [-0.3, -0.25) is 0 Å². The third-order valence-electron chi connectivity index (χ3n) is 1.96. The highest BCUT2D eigenvalue weighted by Gasteiger charge is 2.02. The van der Waals surface area contributed by atoms with Crippen molar-refractivity contribution in [3.63, 3.8) is 0 Å². The summed E-state index contributed by atoms with van der Waals surface area (Å²) >= 11 is 3.35. The highest BCUT2D eigenvalue weighted by atomic mass is 79.9. The molecule has 0 aromatic carbocycles. The summed E-state index contributed by atoms with van der Waals surface area (Å²) in [4.78, 5) is 8.49. The molecule has 2 heterocycles. The van der Waals surface area contributed by atoms with Crippen LogP contribution in [0.15, 0.2) is 29.1 Å². The predicted octanol–water partition coefficient (Wildman–Crippen LogP) is 2.25. The van der Waals surface area contributed by atoms with Gasteiger partial charge in [0.05, 0.1) is 10.7 Å². The first-order valence-corrected chi connectivity index (χ1v) is 5.86. The van der Waals surface area contributed by atoms with Gasteiger partial charge in [0.1, 0.15) is 0 Å². The number of hydrogen-bond acceptors (Lipinski definition) is 4. The quantitative estimate of drug-likeness (QED) is 0.934. The number of aromatic nitrogens is 4. The van der Waals surface area contributed by atoms with Crippen LogP contribution in [0.2, 0.25) is 0 Å². The van der Waals surface area contributed by atoms with Crippen molar-refractivity contribution >= 4 is 21.9 Å². The third-order valence-corrected chi connectivity index (χ3v) is 2.37. The fourth-order valence-electron chi connectivity index (χ4n) is 1.22. The van der Waals surface area contributed by atoms with Crippen molar-refractivity contribution in [1.29, 1.82) is 0 Å². The lowest BCUT2D eigenvalue weighted by Gasteiger charge is -2.04. The van der Waals surface area contributed by atoms with Gasteiger partial charge in [0.15, 0.2) is 5.82 Å². The standard InChI is InChI=1S/C10H12BrN5/c1-2-4-12-10-13-5-3-9(15-10)16-7-8(11)6-14-16/h3,5-7H,2,4H2,1H3,(H,12,13,15). The van der Waals surface area contributed by atoms with Crippen LogP contribution in [0.1, 0.15) is 13.3 Å². The van der Waals surface area contributed by atoms with E-state index in [4.69, 9.17) is 0 Å². The van der Waals surface area contributed by atoms with Gasteiger partial charge in [-0.15, -0.1) is 0 Å². The van der Waals surface area contributed by atoms with E-state index in [1.54, 1.807) is 17.1 Å². The zero-order chi connectivity index (χ0) is 11.4. The van der Waals surface area contributed by atoms with Gasteiger partial charge in [-0.25, -0.2) is 9.67 Å². The minimum atomic E-state index is 0.631. The van der Waals surface area contributed by atoms with E-state index in [1.165, 1.54) is 0 Å². The molecular formula is C10H12BrN5. The molecule has 0 aliphatic heterocycles. The second-order valence-electron chi connectivity index (χ2n) is 3.27. The lowest BCUT2D eigenvalue weighted by Crippen LogP contribution is -2.06. The van der Waals surface area contributed by atoms with E-state index in [0.29, 0.717) is 5.95 Å². The number of hydrogen-bond donors (Lipinski definition) is 1. The van der Waals surface area contributed by atoms with Crippen molar-refractivity contribution in [1.82, 2.24) is 19.7 Å². The fraction of sp³-hybridized carbons (Fsp3) is 0.300. The van der Waals surface area contributed by atoms with Crippen LogP contribution < -0.4 is 5.32 Å². The summed E-state index contributed by atoms with van der Waals surface area (Å²) in [7, 11) is 0. The van der Waals surface area contributed by atoms with Crippen LogP contribution in [0.5, 0.6) is 0 Å². The molecular weight excluding hydrogens is 270 g/mol. The number of nitrogens with zero attached hydrogens (tertiary/aromatic N) is 4. The average molecular weight is 282 g/mol. The van der Waals surface area contributed by atoms with Gasteiger partial charge in [-0.2, -0.15) is 10.1 Å². The first-order valence-electron chi connectivity index (χ1n) is 5.07. The molecule has 5 nitrogen and oxygen atoms in total. The Labute approximate surface area is 102 Å². The van der Waals surface area contributed by atoms with Crippen LogP contribution in [0.25, 0.3) is 5.82 Å². The molecule has 16 heavy (non-hydrogen) atoms. The van der Waals surface area contributed by atoms with Crippen LogP contribution >= 0.6 is 15.9 Å². The minimum absolute atomic E-state index is 0.631. The Hall–Kier alpha value is -1.43. The molecule has 0 atom stereocenters. The van der Waals surface area contributed by atoms with Crippen molar-refractivity contribution in [3.8, 4) is 5.82 Å². The zero-order valence-electron chi connectivity index (χ0n) is 8.89. The normalized spacial score (nSPS) is 10.4. The van der Waals surface area contributed by atoms with Crippen LogP contribution in [0, 0.1) is 0 Å². The average Bonchev–Trinajstić information content (AvgIpc) is 2.74. The summed E-state index contributed by atoms with van der Waals surface area (Å²) in [6, 6.07) is 1.82. The molecule has 0 saturated carbocycles. The van der Waals surface area contributed by atoms with Crippen LogP contribution in [0.3, 0.4) is 0 Å². The Bertz CT molecular complexity index is 468. The second-order valence-corrected chi connectivity index (χ2v) is 4.18. The summed E-state index contributed by atoms with van der Waals surface area (Å²) in [6.45, 7) is 2.97. The van der Waals surface area contributed by atoms with Crippen molar-refractivity contribution in [2.75, 3.05) is 11.9 Å². The van der Waals surface area contributed by atoms with Crippen molar-refractivity contribution in [3.05, 3.63) is 29.1 Å². The van der Waals surface area contributed by atoms with Gasteiger partial charge < -0.3 is 5.32 Å².